The average molecular weight is 461 g/mol. The molecule has 5 heteroatoms. The van der Waals surface area contributed by atoms with Gasteiger partial charge in [-0.3, -0.25) is 14.6 Å². The molecule has 1 fully saturated rings. The number of rotatable bonds is 6. The number of nitrogens with zero attached hydrogens (tertiary/aromatic N) is 2. The van der Waals surface area contributed by atoms with Crippen LogP contribution < -0.4 is 5.32 Å². The minimum atomic E-state index is 0.0597. The summed E-state index contributed by atoms with van der Waals surface area (Å²) >= 11 is 2.25. The molecule has 4 nitrogen and oxygen atoms in total. The van der Waals surface area contributed by atoms with Crippen molar-refractivity contribution in [3.8, 4) is 0 Å². The molecule has 1 aliphatic rings. The van der Waals surface area contributed by atoms with Gasteiger partial charge in [-0.1, -0.05) is 48.6 Å². The summed E-state index contributed by atoms with van der Waals surface area (Å²) in [4.78, 5) is 16.9. The third-order valence-electron chi connectivity index (χ3n) is 4.41. The predicted octanol–water partition coefficient (Wildman–Crippen LogP) is 3.56. The van der Waals surface area contributed by atoms with Crippen LogP contribution in [0.2, 0.25) is 0 Å². The normalized spacial score (nSPS) is 16.0. The Bertz CT molecular complexity index is 740. The van der Waals surface area contributed by atoms with E-state index in [9.17, 15) is 4.79 Å². The zero-order valence-corrected chi connectivity index (χ0v) is 16.9. The Morgan fingerprint density at radius 3 is 2.46 bits per heavy atom. The Labute approximate surface area is 169 Å². The Balaban J connectivity index is 1.38. The summed E-state index contributed by atoms with van der Waals surface area (Å²) in [6.07, 6.45) is 4.38. The maximum absolute atomic E-state index is 12.2. The van der Waals surface area contributed by atoms with Gasteiger partial charge in [0, 0.05) is 42.0 Å². The lowest BCUT2D eigenvalue weighted by molar-refractivity contribution is -0.117. The Kier molecular flexibility index (Phi) is 7.22. The summed E-state index contributed by atoms with van der Waals surface area (Å²) in [7, 11) is 0. The molecule has 0 unspecified atom stereocenters. The summed E-state index contributed by atoms with van der Waals surface area (Å²) in [5, 5.41) is 2.98. The van der Waals surface area contributed by atoms with Crippen LogP contribution >= 0.6 is 22.6 Å². The fourth-order valence-corrected chi connectivity index (χ4v) is 3.54. The number of anilines is 1. The number of carbonyl (C=O) groups is 1. The van der Waals surface area contributed by atoms with Crippen molar-refractivity contribution in [2.45, 2.75) is 0 Å². The van der Waals surface area contributed by atoms with E-state index in [1.165, 1.54) is 5.56 Å². The molecule has 0 atom stereocenters. The van der Waals surface area contributed by atoms with E-state index in [0.29, 0.717) is 6.54 Å². The number of piperazine rings is 1. The lowest BCUT2D eigenvalue weighted by Gasteiger charge is -2.33. The van der Waals surface area contributed by atoms with Crippen molar-refractivity contribution in [1.82, 2.24) is 9.80 Å². The summed E-state index contributed by atoms with van der Waals surface area (Å²) in [5.74, 6) is 0.0597. The first-order chi connectivity index (χ1) is 12.7. The predicted molar refractivity (Wildman–Crippen MR) is 116 cm³/mol. The van der Waals surface area contributed by atoms with E-state index in [2.05, 4.69) is 74.1 Å². The molecule has 136 valence electrons. The molecule has 0 aliphatic carbocycles. The molecule has 0 spiro atoms. The lowest BCUT2D eigenvalue weighted by atomic mass is 10.2. The molecular weight excluding hydrogens is 437 g/mol. The second kappa shape index (κ2) is 9.85. The van der Waals surface area contributed by atoms with Crippen molar-refractivity contribution in [3.05, 3.63) is 69.8 Å². The van der Waals surface area contributed by atoms with Crippen LogP contribution in [0.15, 0.2) is 60.7 Å². The number of hydrogen-bond donors (Lipinski definition) is 1. The zero-order valence-electron chi connectivity index (χ0n) is 14.8. The van der Waals surface area contributed by atoms with Crippen LogP contribution in [0.1, 0.15) is 5.56 Å². The van der Waals surface area contributed by atoms with Crippen molar-refractivity contribution in [2.24, 2.45) is 0 Å². The van der Waals surface area contributed by atoms with E-state index in [1.54, 1.807) is 0 Å². The van der Waals surface area contributed by atoms with Crippen molar-refractivity contribution >= 4 is 40.3 Å². The summed E-state index contributed by atoms with van der Waals surface area (Å²) in [5.41, 5.74) is 2.10. The smallest absolute Gasteiger partial charge is 0.238 e. The molecule has 3 rings (SSSR count). The van der Waals surface area contributed by atoms with E-state index in [4.69, 9.17) is 0 Å². The fourth-order valence-electron chi connectivity index (χ4n) is 3.00. The van der Waals surface area contributed by atoms with E-state index in [1.807, 2.05) is 30.3 Å². The van der Waals surface area contributed by atoms with Crippen molar-refractivity contribution in [3.63, 3.8) is 0 Å². The molecule has 0 bridgehead atoms. The minimum absolute atomic E-state index is 0.0597. The first kappa shape index (κ1) is 19.1. The van der Waals surface area contributed by atoms with E-state index >= 15 is 0 Å². The van der Waals surface area contributed by atoms with Crippen LogP contribution in [0.4, 0.5) is 5.69 Å². The third-order valence-corrected chi connectivity index (χ3v) is 5.08. The summed E-state index contributed by atoms with van der Waals surface area (Å²) < 4.78 is 1.12. The highest BCUT2D eigenvalue weighted by molar-refractivity contribution is 14.1. The molecule has 1 aliphatic heterocycles. The van der Waals surface area contributed by atoms with Gasteiger partial charge in [0.25, 0.3) is 0 Å². The van der Waals surface area contributed by atoms with Gasteiger partial charge in [-0.25, -0.2) is 0 Å². The van der Waals surface area contributed by atoms with E-state index in [0.717, 1.165) is 42.0 Å². The molecule has 1 saturated heterocycles. The number of carbonyl (C=O) groups excluding carboxylic acids is 1. The Morgan fingerprint density at radius 2 is 1.73 bits per heavy atom. The van der Waals surface area contributed by atoms with Gasteiger partial charge >= 0.3 is 0 Å². The molecule has 2 aromatic rings. The molecule has 1 heterocycles. The minimum Gasteiger partial charge on any atom is -0.325 e. The molecule has 0 radical (unpaired) electrons. The third kappa shape index (κ3) is 6.23. The number of amides is 1. The molecule has 1 N–H and O–H groups in total. The maximum atomic E-state index is 12.2. The standard InChI is InChI=1S/C21H24IN3O/c22-19-9-4-10-20(16-19)23-21(26)17-25-14-12-24(13-15-25)11-5-8-18-6-2-1-3-7-18/h1-10,16H,11-15,17H2,(H,23,26)/b8-5+. The van der Waals surface area contributed by atoms with Crippen molar-refractivity contribution in [1.29, 1.82) is 0 Å². The van der Waals surface area contributed by atoms with Crippen LogP contribution in [0.5, 0.6) is 0 Å². The summed E-state index contributed by atoms with van der Waals surface area (Å²) in [6, 6.07) is 18.2. The summed E-state index contributed by atoms with van der Waals surface area (Å²) in [6.45, 7) is 5.26. The van der Waals surface area contributed by atoms with Gasteiger partial charge in [0.1, 0.15) is 0 Å². The van der Waals surface area contributed by atoms with Crippen LogP contribution in [-0.2, 0) is 4.79 Å². The van der Waals surface area contributed by atoms with Crippen molar-refractivity contribution in [2.75, 3.05) is 44.6 Å². The molecule has 1 amide bonds. The number of hydrogen-bond acceptors (Lipinski definition) is 3. The first-order valence-corrected chi connectivity index (χ1v) is 9.99. The quantitative estimate of drug-likeness (QED) is 0.669. The highest BCUT2D eigenvalue weighted by Crippen LogP contribution is 2.12. The zero-order chi connectivity index (χ0) is 18.2. The molecule has 26 heavy (non-hydrogen) atoms. The van der Waals surface area contributed by atoms with Gasteiger partial charge in [0.2, 0.25) is 5.91 Å². The fraction of sp³-hybridized carbons (Fsp3) is 0.286. The molecule has 0 aromatic heterocycles. The topological polar surface area (TPSA) is 35.6 Å². The van der Waals surface area contributed by atoms with Crippen LogP contribution in [-0.4, -0.2) is 55.0 Å². The van der Waals surface area contributed by atoms with E-state index < -0.39 is 0 Å². The van der Waals surface area contributed by atoms with E-state index in [-0.39, 0.29) is 5.91 Å². The highest BCUT2D eigenvalue weighted by Gasteiger charge is 2.18. The molecular formula is C21H24IN3O. The van der Waals surface area contributed by atoms with Gasteiger partial charge in [-0.15, -0.1) is 0 Å². The SMILES string of the molecule is O=C(CN1CCN(C/C=C/c2ccccc2)CC1)Nc1cccc(I)c1. The van der Waals surface area contributed by atoms with Crippen LogP contribution in [0, 0.1) is 3.57 Å². The highest BCUT2D eigenvalue weighted by atomic mass is 127. The van der Waals surface area contributed by atoms with Gasteiger partial charge in [-0.05, 0) is 46.4 Å². The number of halogens is 1. The number of benzene rings is 2. The lowest BCUT2D eigenvalue weighted by Crippen LogP contribution is -2.48. The van der Waals surface area contributed by atoms with Gasteiger partial charge in [0.05, 0.1) is 6.54 Å². The molecule has 0 saturated carbocycles. The average Bonchev–Trinajstić information content (AvgIpc) is 2.64. The monoisotopic (exact) mass is 461 g/mol. The Hall–Kier alpha value is -1.70. The van der Waals surface area contributed by atoms with Gasteiger partial charge < -0.3 is 5.32 Å². The van der Waals surface area contributed by atoms with Gasteiger partial charge in [-0.2, -0.15) is 0 Å². The largest absolute Gasteiger partial charge is 0.325 e. The second-order valence-corrected chi connectivity index (χ2v) is 7.69. The van der Waals surface area contributed by atoms with Crippen molar-refractivity contribution < 1.29 is 4.79 Å². The first-order valence-electron chi connectivity index (χ1n) is 8.91. The maximum Gasteiger partial charge on any atom is 0.238 e. The number of nitrogens with one attached hydrogen (secondary N) is 1. The molecule has 2 aromatic carbocycles. The Morgan fingerprint density at radius 1 is 1.00 bits per heavy atom. The van der Waals surface area contributed by atoms with Crippen LogP contribution in [0.3, 0.4) is 0 Å². The second-order valence-electron chi connectivity index (χ2n) is 6.45. The van der Waals surface area contributed by atoms with Gasteiger partial charge in [0.15, 0.2) is 0 Å². The van der Waals surface area contributed by atoms with Crippen LogP contribution in [0.25, 0.3) is 6.08 Å².